The number of fused-ring (bicyclic) bond motifs is 4. The lowest BCUT2D eigenvalue weighted by Gasteiger charge is -2.57. The molecule has 8 unspecified atom stereocenters. The van der Waals surface area contributed by atoms with Crippen LogP contribution in [-0.2, 0) is 47.5 Å². The Kier molecular flexibility index (Phi) is 4.94. The summed E-state index contributed by atoms with van der Waals surface area (Å²) in [5.74, 6) is -0.893. The predicted molar refractivity (Wildman–Crippen MR) is 131 cm³/mol. The van der Waals surface area contributed by atoms with Gasteiger partial charge in [-0.1, -0.05) is 31.2 Å². The van der Waals surface area contributed by atoms with E-state index in [1.54, 1.807) is 12.2 Å². The first-order valence-corrected chi connectivity index (χ1v) is 14.0. The van der Waals surface area contributed by atoms with E-state index < -0.39 is 52.5 Å². The molecule has 4 bridgehead atoms. The van der Waals surface area contributed by atoms with Crippen LogP contribution in [-0.4, -0.2) is 91.5 Å². The molecule has 8 rings (SSSR count). The summed E-state index contributed by atoms with van der Waals surface area (Å²) >= 11 is 0. The fraction of sp³-hybridized carbons (Fsp3) is 0.724. The summed E-state index contributed by atoms with van der Waals surface area (Å²) in [6.07, 6.45) is 6.49. The van der Waals surface area contributed by atoms with E-state index in [0.717, 1.165) is 5.57 Å². The molecule has 0 N–H and O–H groups in total. The number of cyclic esters (lactones) is 1. The minimum atomic E-state index is -0.804. The number of esters is 2. The zero-order chi connectivity index (χ0) is 26.9. The minimum absolute atomic E-state index is 0.0356. The summed E-state index contributed by atoms with van der Waals surface area (Å²) in [5.41, 5.74) is -1.78. The van der Waals surface area contributed by atoms with E-state index in [4.69, 9.17) is 37.9 Å². The number of rotatable bonds is 0. The lowest BCUT2D eigenvalue weighted by molar-refractivity contribution is -0.236. The number of hydrogen-bond donors (Lipinski definition) is 0. The molecule has 2 spiro atoms. The maximum absolute atomic E-state index is 13.4. The number of hydrogen-bond acceptors (Lipinski definition) is 10. The highest BCUT2D eigenvalue weighted by atomic mass is 16.7. The molecule has 0 radical (unpaired) electrons. The van der Waals surface area contributed by atoms with Crippen molar-refractivity contribution in [3.63, 3.8) is 0 Å². The standard InChI is InChI=1S/C29H34O10/c1-14-9-18-28(23-22(14)38-23)12-32-25(31)24-26(3,39-24)11-21-34-15(2)16(35-21)7-5-6-8-20(30)37-17-10-19(36-18)29(13-33-29)27(17,28)4/h5-9,15-19,21-24H,10-13H2,1-4H3/t15?,16?,17-,18-,19?,21?,22?,23-,24?,26?,27?,28-,29+/m1/s1. The molecule has 39 heavy (non-hydrogen) atoms. The minimum Gasteiger partial charge on any atom is -0.463 e. The highest BCUT2D eigenvalue weighted by molar-refractivity contribution is 5.82. The van der Waals surface area contributed by atoms with Crippen LogP contribution in [0.2, 0.25) is 0 Å². The average Bonchev–Trinajstić information content (AvgIpc) is 3.78. The molecule has 5 saturated heterocycles. The van der Waals surface area contributed by atoms with Crippen molar-refractivity contribution >= 4 is 11.9 Å². The number of ether oxygens (including phenoxy) is 8. The van der Waals surface area contributed by atoms with Crippen LogP contribution in [0.1, 0.15) is 40.5 Å². The predicted octanol–water partition coefficient (Wildman–Crippen LogP) is 1.91. The van der Waals surface area contributed by atoms with Crippen LogP contribution in [0.3, 0.4) is 0 Å². The van der Waals surface area contributed by atoms with Gasteiger partial charge in [0.05, 0.1) is 35.7 Å². The second-order valence-corrected chi connectivity index (χ2v) is 12.8. The number of allylic oxidation sites excluding steroid dienone is 2. The molecule has 6 aliphatic heterocycles. The maximum Gasteiger partial charge on any atom is 0.338 e. The van der Waals surface area contributed by atoms with Gasteiger partial charge in [-0.3, -0.25) is 0 Å². The molecule has 0 aromatic rings. The molecule has 2 aliphatic carbocycles. The number of carbonyl (C=O) groups is 2. The zero-order valence-corrected chi connectivity index (χ0v) is 22.5. The molecule has 6 heterocycles. The Labute approximate surface area is 226 Å². The molecule has 10 nitrogen and oxygen atoms in total. The molecule has 0 aromatic heterocycles. The smallest absolute Gasteiger partial charge is 0.338 e. The van der Waals surface area contributed by atoms with Crippen LogP contribution < -0.4 is 0 Å². The van der Waals surface area contributed by atoms with Crippen LogP contribution in [0.5, 0.6) is 0 Å². The molecule has 210 valence electrons. The molecule has 1 saturated carbocycles. The van der Waals surface area contributed by atoms with E-state index in [2.05, 4.69) is 13.0 Å². The first-order valence-electron chi connectivity index (χ1n) is 14.0. The van der Waals surface area contributed by atoms with Crippen LogP contribution in [0, 0.1) is 10.8 Å². The van der Waals surface area contributed by atoms with E-state index >= 15 is 0 Å². The van der Waals surface area contributed by atoms with Gasteiger partial charge in [-0.2, -0.15) is 0 Å². The van der Waals surface area contributed by atoms with E-state index in [0.29, 0.717) is 19.4 Å². The van der Waals surface area contributed by atoms with Gasteiger partial charge in [0.1, 0.15) is 42.2 Å². The Hall–Kier alpha value is -2.08. The molecule has 10 heteroatoms. The molecule has 0 aromatic carbocycles. The SMILES string of the molecule is CC1=C[C@H]2OC3C[C@H]4OC(=O)C=CC=CC5OC(CC6(C)OC6C(=O)OC[C@@]2([C@@H]2OC12)C4(C)[C@]31CO1)OC5C. The van der Waals surface area contributed by atoms with Crippen molar-refractivity contribution in [2.75, 3.05) is 13.2 Å². The number of epoxide rings is 3. The summed E-state index contributed by atoms with van der Waals surface area (Å²) in [5, 5.41) is 0. The van der Waals surface area contributed by atoms with Crippen molar-refractivity contribution in [2.24, 2.45) is 10.8 Å². The molecule has 8 aliphatic rings. The second-order valence-electron chi connectivity index (χ2n) is 12.8. The largest absolute Gasteiger partial charge is 0.463 e. The monoisotopic (exact) mass is 542 g/mol. The maximum atomic E-state index is 13.4. The molecule has 6 fully saturated rings. The Morgan fingerprint density at radius 2 is 1.82 bits per heavy atom. The summed E-state index contributed by atoms with van der Waals surface area (Å²) in [7, 11) is 0. The van der Waals surface area contributed by atoms with Crippen LogP contribution in [0.25, 0.3) is 0 Å². The van der Waals surface area contributed by atoms with Crippen molar-refractivity contribution < 1.29 is 47.5 Å². The van der Waals surface area contributed by atoms with Crippen molar-refractivity contribution in [2.45, 2.75) is 107 Å². The lowest BCUT2D eigenvalue weighted by Crippen LogP contribution is -2.69. The van der Waals surface area contributed by atoms with Gasteiger partial charge in [0.25, 0.3) is 0 Å². The van der Waals surface area contributed by atoms with Gasteiger partial charge in [-0.05, 0) is 26.3 Å². The third kappa shape index (κ3) is 3.18. The van der Waals surface area contributed by atoms with E-state index in [1.807, 2.05) is 26.8 Å². The van der Waals surface area contributed by atoms with Crippen LogP contribution in [0.15, 0.2) is 36.0 Å². The van der Waals surface area contributed by atoms with E-state index in [-0.39, 0.29) is 43.2 Å². The zero-order valence-electron chi connectivity index (χ0n) is 22.5. The summed E-state index contributed by atoms with van der Waals surface area (Å²) in [4.78, 5) is 26.5. The molecular weight excluding hydrogens is 508 g/mol. The third-order valence-electron chi connectivity index (χ3n) is 10.7. The van der Waals surface area contributed by atoms with Crippen molar-refractivity contribution in [1.29, 1.82) is 0 Å². The van der Waals surface area contributed by atoms with Crippen LogP contribution >= 0.6 is 0 Å². The Bertz CT molecular complexity index is 1220. The average molecular weight is 543 g/mol. The second kappa shape index (κ2) is 7.80. The summed E-state index contributed by atoms with van der Waals surface area (Å²) in [6.45, 7) is 8.47. The normalized spacial score (nSPS) is 56.8. The lowest BCUT2D eigenvalue weighted by atomic mass is 9.51. The first-order chi connectivity index (χ1) is 18.6. The van der Waals surface area contributed by atoms with Gasteiger partial charge < -0.3 is 37.9 Å². The van der Waals surface area contributed by atoms with Gasteiger partial charge in [-0.25, -0.2) is 9.59 Å². The third-order valence-corrected chi connectivity index (χ3v) is 10.7. The van der Waals surface area contributed by atoms with Crippen molar-refractivity contribution in [3.05, 3.63) is 36.0 Å². The molecular formula is C29H34O10. The fourth-order valence-corrected chi connectivity index (χ4v) is 8.26. The summed E-state index contributed by atoms with van der Waals surface area (Å²) in [6, 6.07) is 0. The van der Waals surface area contributed by atoms with Gasteiger partial charge in [0.15, 0.2) is 12.4 Å². The van der Waals surface area contributed by atoms with E-state index in [9.17, 15) is 9.59 Å². The summed E-state index contributed by atoms with van der Waals surface area (Å²) < 4.78 is 49.2. The van der Waals surface area contributed by atoms with Crippen molar-refractivity contribution in [3.8, 4) is 0 Å². The van der Waals surface area contributed by atoms with Gasteiger partial charge in [0, 0.05) is 18.9 Å². The Morgan fingerprint density at radius 3 is 2.62 bits per heavy atom. The van der Waals surface area contributed by atoms with Gasteiger partial charge >= 0.3 is 11.9 Å². The molecule has 13 atom stereocenters. The topological polar surface area (TPSA) is 118 Å². The Morgan fingerprint density at radius 1 is 1.00 bits per heavy atom. The highest BCUT2D eigenvalue weighted by Gasteiger charge is 2.87. The first kappa shape index (κ1) is 24.7. The molecule has 0 amide bonds. The number of carbonyl (C=O) groups excluding carboxylic acids is 2. The van der Waals surface area contributed by atoms with Crippen LogP contribution in [0.4, 0.5) is 0 Å². The fourth-order valence-electron chi connectivity index (χ4n) is 8.26. The highest BCUT2D eigenvalue weighted by Crippen LogP contribution is 2.74. The van der Waals surface area contributed by atoms with E-state index in [1.165, 1.54) is 6.08 Å². The van der Waals surface area contributed by atoms with Crippen molar-refractivity contribution in [1.82, 2.24) is 0 Å². The Balaban J connectivity index is 1.18. The quantitative estimate of drug-likeness (QED) is 0.255. The van der Waals surface area contributed by atoms with Gasteiger partial charge in [0.2, 0.25) is 0 Å². The van der Waals surface area contributed by atoms with Gasteiger partial charge in [-0.15, -0.1) is 0 Å².